The van der Waals surface area contributed by atoms with Crippen molar-refractivity contribution in [3.63, 3.8) is 0 Å². The highest BCUT2D eigenvalue weighted by molar-refractivity contribution is 7.82. The quantitative estimate of drug-likeness (QED) is 0.394. The molecular weight excluding hydrogens is 316 g/mol. The zero-order chi connectivity index (χ0) is 17.5. The van der Waals surface area contributed by atoms with Crippen LogP contribution >= 0.6 is 12.6 Å². The normalized spacial score (nSPS) is 25.6. The molecule has 1 saturated heterocycles. The van der Waals surface area contributed by atoms with Gasteiger partial charge in [-0.1, -0.05) is 31.7 Å². The molecule has 2 unspecified atom stereocenters. The third-order valence-electron chi connectivity index (χ3n) is 4.83. The summed E-state index contributed by atoms with van der Waals surface area (Å²) >= 11 is 4.86. The van der Waals surface area contributed by atoms with E-state index in [0.717, 1.165) is 30.1 Å². The van der Waals surface area contributed by atoms with Gasteiger partial charge in [0.2, 0.25) is 0 Å². The number of rotatable bonds is 6. The summed E-state index contributed by atoms with van der Waals surface area (Å²) in [4.78, 5) is 7.10. The standard InChI is InChI=1S/C19H26N4S/c1-5-6-15(20)14-10-21-18(17(24)19(4)7-8-19)23-11-13(9-16(14)23)22-12(2)3/h5-8,13,17,20,22,24H,2,9-11H2,1,3-4H3/b6-5-,20-15?. The number of nitrogens with one attached hydrogen (secondary N) is 2. The molecule has 3 aliphatic rings. The molecule has 0 amide bonds. The van der Waals surface area contributed by atoms with Crippen LogP contribution < -0.4 is 5.32 Å². The highest BCUT2D eigenvalue weighted by Gasteiger charge is 2.44. The van der Waals surface area contributed by atoms with Crippen molar-refractivity contribution in [3.05, 3.63) is 47.9 Å². The molecule has 5 heteroatoms. The van der Waals surface area contributed by atoms with Crippen LogP contribution in [-0.4, -0.2) is 40.8 Å². The second-order valence-electron chi connectivity index (χ2n) is 7.05. The van der Waals surface area contributed by atoms with Crippen LogP contribution in [-0.2, 0) is 0 Å². The second-order valence-corrected chi connectivity index (χ2v) is 7.57. The molecule has 24 heavy (non-hydrogen) atoms. The molecule has 0 saturated carbocycles. The molecule has 0 aromatic carbocycles. The van der Waals surface area contributed by atoms with Crippen LogP contribution in [0.5, 0.6) is 0 Å². The fraction of sp³-hybridized carbons (Fsp3) is 0.474. The fourth-order valence-electron chi connectivity index (χ4n) is 3.37. The predicted molar refractivity (Wildman–Crippen MR) is 105 cm³/mol. The Balaban J connectivity index is 1.90. The number of aliphatic imine (C=N–C) groups is 1. The van der Waals surface area contributed by atoms with Crippen molar-refractivity contribution < 1.29 is 0 Å². The largest absolute Gasteiger partial charge is 0.384 e. The number of hydrogen-bond acceptors (Lipinski definition) is 5. The van der Waals surface area contributed by atoms with Crippen molar-refractivity contribution in [1.29, 1.82) is 5.41 Å². The van der Waals surface area contributed by atoms with Crippen molar-refractivity contribution in [2.75, 3.05) is 13.1 Å². The number of hydrogen-bond donors (Lipinski definition) is 3. The number of fused-ring (bicyclic) bond motifs is 1. The Morgan fingerprint density at radius 2 is 2.29 bits per heavy atom. The van der Waals surface area contributed by atoms with E-state index in [1.54, 1.807) is 0 Å². The van der Waals surface area contributed by atoms with Gasteiger partial charge >= 0.3 is 0 Å². The van der Waals surface area contributed by atoms with Crippen LogP contribution in [0.1, 0.15) is 27.2 Å². The van der Waals surface area contributed by atoms with Crippen molar-refractivity contribution in [2.45, 2.75) is 38.5 Å². The molecule has 0 radical (unpaired) electrons. The van der Waals surface area contributed by atoms with Gasteiger partial charge in [-0.2, -0.15) is 12.6 Å². The maximum Gasteiger partial charge on any atom is 0.118 e. The highest BCUT2D eigenvalue weighted by Crippen LogP contribution is 2.43. The van der Waals surface area contributed by atoms with Gasteiger partial charge in [0.1, 0.15) is 5.84 Å². The molecule has 2 heterocycles. The lowest BCUT2D eigenvalue weighted by molar-refractivity contribution is 0.497. The summed E-state index contributed by atoms with van der Waals surface area (Å²) in [7, 11) is 0. The monoisotopic (exact) mass is 342 g/mol. The van der Waals surface area contributed by atoms with E-state index in [2.05, 4.69) is 35.9 Å². The first kappa shape index (κ1) is 17.1. The molecule has 0 aromatic heterocycles. The van der Waals surface area contributed by atoms with Crippen LogP contribution in [0.4, 0.5) is 0 Å². The van der Waals surface area contributed by atoms with E-state index in [1.165, 1.54) is 5.70 Å². The molecule has 0 bridgehead atoms. The zero-order valence-corrected chi connectivity index (χ0v) is 15.5. The summed E-state index contributed by atoms with van der Waals surface area (Å²) in [5.41, 5.74) is 3.80. The lowest BCUT2D eigenvalue weighted by Gasteiger charge is -2.33. The average Bonchev–Trinajstić information content (AvgIpc) is 3.13. The highest BCUT2D eigenvalue weighted by atomic mass is 32.1. The van der Waals surface area contributed by atoms with Gasteiger partial charge in [0.05, 0.1) is 17.5 Å². The zero-order valence-electron chi connectivity index (χ0n) is 14.6. The molecule has 2 N–H and O–H groups in total. The second kappa shape index (κ2) is 6.28. The van der Waals surface area contributed by atoms with Gasteiger partial charge in [-0.15, -0.1) is 0 Å². The first-order chi connectivity index (χ1) is 11.4. The molecule has 3 rings (SSSR count). The van der Waals surface area contributed by atoms with Crippen LogP contribution in [0.15, 0.2) is 52.8 Å². The maximum absolute atomic E-state index is 8.34. The van der Waals surface area contributed by atoms with Crippen LogP contribution in [0.3, 0.4) is 0 Å². The van der Waals surface area contributed by atoms with E-state index in [9.17, 15) is 0 Å². The van der Waals surface area contributed by atoms with E-state index < -0.39 is 0 Å². The van der Waals surface area contributed by atoms with Crippen LogP contribution in [0, 0.1) is 10.8 Å². The molecule has 1 aliphatic carbocycles. The molecular formula is C19H26N4S. The Bertz CT molecular complexity index is 692. The van der Waals surface area contributed by atoms with E-state index in [-0.39, 0.29) is 10.7 Å². The van der Waals surface area contributed by atoms with E-state index >= 15 is 0 Å². The van der Waals surface area contributed by atoms with Crippen molar-refractivity contribution in [1.82, 2.24) is 10.2 Å². The maximum atomic E-state index is 8.34. The lowest BCUT2D eigenvalue weighted by Crippen LogP contribution is -2.43. The summed E-state index contributed by atoms with van der Waals surface area (Å²) in [6, 6.07) is 0.301. The van der Waals surface area contributed by atoms with Gasteiger partial charge in [0, 0.05) is 41.4 Å². The Morgan fingerprint density at radius 1 is 1.58 bits per heavy atom. The number of amidine groups is 1. The molecule has 4 nitrogen and oxygen atoms in total. The minimum Gasteiger partial charge on any atom is -0.384 e. The Hall–Kier alpha value is -1.75. The fourth-order valence-corrected chi connectivity index (χ4v) is 3.77. The SMILES string of the molecule is C=C(C)NC1CC2=C(C(=N)/C=C\C)CN=C(C(S)C3(C)C=C3)N2C1. The Kier molecular flexibility index (Phi) is 4.47. The minimum atomic E-state index is 0.0290. The molecule has 128 valence electrons. The molecule has 0 spiro atoms. The lowest BCUT2D eigenvalue weighted by atomic mass is 9.98. The van der Waals surface area contributed by atoms with Gasteiger partial charge < -0.3 is 15.6 Å². The van der Waals surface area contributed by atoms with Crippen molar-refractivity contribution in [2.24, 2.45) is 10.4 Å². The van der Waals surface area contributed by atoms with E-state index in [4.69, 9.17) is 23.0 Å². The number of allylic oxidation sites excluding steroid dienone is 5. The molecule has 2 atom stereocenters. The van der Waals surface area contributed by atoms with Gasteiger partial charge in [-0.3, -0.25) is 4.99 Å². The van der Waals surface area contributed by atoms with Gasteiger partial charge in [0.25, 0.3) is 0 Å². The van der Waals surface area contributed by atoms with Crippen LogP contribution in [0.25, 0.3) is 0 Å². The molecule has 2 aliphatic heterocycles. The summed E-state index contributed by atoms with van der Waals surface area (Å²) in [6.45, 7) is 11.5. The number of thiol groups is 1. The third-order valence-corrected chi connectivity index (χ3v) is 5.62. The van der Waals surface area contributed by atoms with Crippen molar-refractivity contribution in [3.8, 4) is 0 Å². The third kappa shape index (κ3) is 3.09. The smallest absolute Gasteiger partial charge is 0.118 e. The summed E-state index contributed by atoms with van der Waals surface area (Å²) in [6.07, 6.45) is 9.03. The summed E-state index contributed by atoms with van der Waals surface area (Å²) in [5, 5.41) is 11.9. The minimum absolute atomic E-state index is 0.0290. The summed E-state index contributed by atoms with van der Waals surface area (Å²) < 4.78 is 0. The average molecular weight is 343 g/mol. The first-order valence-electron chi connectivity index (χ1n) is 8.41. The predicted octanol–water partition coefficient (Wildman–Crippen LogP) is 3.32. The van der Waals surface area contributed by atoms with Gasteiger partial charge in [-0.25, -0.2) is 0 Å². The van der Waals surface area contributed by atoms with Crippen LogP contribution in [0.2, 0.25) is 0 Å². The van der Waals surface area contributed by atoms with E-state index in [0.29, 0.717) is 18.3 Å². The van der Waals surface area contributed by atoms with E-state index in [1.807, 2.05) is 26.0 Å². The van der Waals surface area contributed by atoms with Crippen molar-refractivity contribution >= 4 is 24.2 Å². The Morgan fingerprint density at radius 3 is 2.88 bits per heavy atom. The first-order valence-corrected chi connectivity index (χ1v) is 8.93. The topological polar surface area (TPSA) is 51.5 Å². The molecule has 0 aromatic rings. The number of nitrogens with zero attached hydrogens (tertiary/aromatic N) is 2. The van der Waals surface area contributed by atoms with Gasteiger partial charge in [-0.05, 0) is 19.9 Å². The Labute approximate surface area is 150 Å². The van der Waals surface area contributed by atoms with Gasteiger partial charge in [0.15, 0.2) is 0 Å². The summed E-state index contributed by atoms with van der Waals surface area (Å²) in [5.74, 6) is 1.03. The molecule has 1 fully saturated rings.